The topological polar surface area (TPSA) is 72.5 Å². The number of carbonyl (C=O) groups is 1. The molecule has 1 aromatic carbocycles. The van der Waals surface area contributed by atoms with E-state index >= 15 is 0 Å². The first-order valence-corrected chi connectivity index (χ1v) is 5.71. The smallest absolute Gasteiger partial charge is 0.344 e. The molecule has 0 saturated heterocycles. The van der Waals surface area contributed by atoms with Crippen LogP contribution >= 0.6 is 0 Å². The van der Waals surface area contributed by atoms with E-state index in [0.717, 1.165) is 11.1 Å². The zero-order valence-corrected chi connectivity index (χ0v) is 10.3. The predicted octanol–water partition coefficient (Wildman–Crippen LogP) is 1.87. The van der Waals surface area contributed by atoms with Gasteiger partial charge in [-0.25, -0.2) is 4.79 Å². The van der Waals surface area contributed by atoms with Gasteiger partial charge in [0.25, 0.3) is 0 Å². The molecule has 0 amide bonds. The molecule has 1 atom stereocenters. The summed E-state index contributed by atoms with van der Waals surface area (Å²) in [5.41, 5.74) is 7.45. The summed E-state index contributed by atoms with van der Waals surface area (Å²) in [7, 11) is 0. The van der Waals surface area contributed by atoms with Crippen LogP contribution in [-0.2, 0) is 4.79 Å². The Morgan fingerprint density at radius 1 is 1.47 bits per heavy atom. The molecule has 0 fully saturated rings. The van der Waals surface area contributed by atoms with Crippen molar-refractivity contribution in [1.29, 1.82) is 0 Å². The molecule has 0 bridgehead atoms. The Morgan fingerprint density at radius 3 is 2.71 bits per heavy atom. The Hall–Kier alpha value is -1.55. The highest BCUT2D eigenvalue weighted by Gasteiger charge is 2.19. The fraction of sp³-hybridized carbons (Fsp3) is 0.462. The maximum Gasteiger partial charge on any atom is 0.344 e. The maximum atomic E-state index is 11.0. The van der Waals surface area contributed by atoms with Crippen molar-refractivity contribution in [2.75, 3.05) is 6.54 Å². The largest absolute Gasteiger partial charge is 0.479 e. The van der Waals surface area contributed by atoms with E-state index in [0.29, 0.717) is 25.1 Å². The molecule has 0 aliphatic carbocycles. The van der Waals surface area contributed by atoms with Gasteiger partial charge in [0.15, 0.2) is 6.10 Å². The number of nitrogens with two attached hydrogens (primary N) is 1. The van der Waals surface area contributed by atoms with E-state index in [2.05, 4.69) is 0 Å². The summed E-state index contributed by atoms with van der Waals surface area (Å²) in [4.78, 5) is 11.0. The minimum Gasteiger partial charge on any atom is -0.479 e. The van der Waals surface area contributed by atoms with Gasteiger partial charge in [0.1, 0.15) is 5.75 Å². The number of rotatable bonds is 6. The molecule has 1 aromatic rings. The molecule has 0 spiro atoms. The normalized spacial score (nSPS) is 12.2. The van der Waals surface area contributed by atoms with E-state index < -0.39 is 12.1 Å². The van der Waals surface area contributed by atoms with Gasteiger partial charge < -0.3 is 15.6 Å². The van der Waals surface area contributed by atoms with Gasteiger partial charge in [-0.1, -0.05) is 17.7 Å². The summed E-state index contributed by atoms with van der Waals surface area (Å²) in [6.45, 7) is 4.37. The van der Waals surface area contributed by atoms with E-state index in [4.69, 9.17) is 15.6 Å². The minimum absolute atomic E-state index is 0.430. The number of benzene rings is 1. The highest BCUT2D eigenvalue weighted by Crippen LogP contribution is 2.21. The lowest BCUT2D eigenvalue weighted by molar-refractivity contribution is -0.145. The number of hydrogen-bond donors (Lipinski definition) is 2. The standard InChI is InChI=1S/C13H19NO3/c1-9-5-6-11(10(2)8-9)17-12(13(15)16)4-3-7-14/h5-6,8,12H,3-4,7,14H2,1-2H3,(H,15,16). The Labute approximate surface area is 101 Å². The van der Waals surface area contributed by atoms with Crippen molar-refractivity contribution < 1.29 is 14.6 Å². The quantitative estimate of drug-likeness (QED) is 0.792. The van der Waals surface area contributed by atoms with E-state index in [-0.39, 0.29) is 0 Å². The van der Waals surface area contributed by atoms with Gasteiger partial charge in [-0.3, -0.25) is 0 Å². The summed E-state index contributed by atoms with van der Waals surface area (Å²) < 4.78 is 5.51. The summed E-state index contributed by atoms with van der Waals surface area (Å²) in [5, 5.41) is 9.04. The second-order valence-electron chi connectivity index (χ2n) is 4.14. The average molecular weight is 237 g/mol. The third-order valence-corrected chi connectivity index (χ3v) is 2.55. The number of aryl methyl sites for hydroxylation is 2. The molecule has 17 heavy (non-hydrogen) atoms. The molecule has 1 rings (SSSR count). The van der Waals surface area contributed by atoms with Gasteiger partial charge in [-0.15, -0.1) is 0 Å². The molecule has 4 nitrogen and oxygen atoms in total. The number of carboxylic acids is 1. The minimum atomic E-state index is -0.946. The zero-order valence-electron chi connectivity index (χ0n) is 10.3. The monoisotopic (exact) mass is 237 g/mol. The molecule has 0 aliphatic heterocycles. The summed E-state index contributed by atoms with van der Waals surface area (Å²) >= 11 is 0. The molecule has 0 heterocycles. The van der Waals surface area contributed by atoms with Gasteiger partial charge >= 0.3 is 5.97 Å². The predicted molar refractivity (Wildman–Crippen MR) is 66.3 cm³/mol. The first kappa shape index (κ1) is 13.5. The molecular weight excluding hydrogens is 218 g/mol. The van der Waals surface area contributed by atoms with Gasteiger partial charge in [0.05, 0.1) is 0 Å². The zero-order chi connectivity index (χ0) is 12.8. The lowest BCUT2D eigenvalue weighted by Crippen LogP contribution is -2.28. The van der Waals surface area contributed by atoms with E-state index in [1.165, 1.54) is 0 Å². The molecule has 0 radical (unpaired) electrons. The highest BCUT2D eigenvalue weighted by molar-refractivity contribution is 5.72. The van der Waals surface area contributed by atoms with Crippen LogP contribution in [0.15, 0.2) is 18.2 Å². The van der Waals surface area contributed by atoms with Crippen LogP contribution < -0.4 is 10.5 Å². The summed E-state index contributed by atoms with van der Waals surface area (Å²) in [6.07, 6.45) is 0.251. The Morgan fingerprint density at radius 2 is 2.18 bits per heavy atom. The van der Waals surface area contributed by atoms with Crippen molar-refractivity contribution in [3.63, 3.8) is 0 Å². The van der Waals surface area contributed by atoms with Crippen LogP contribution in [0.1, 0.15) is 24.0 Å². The van der Waals surface area contributed by atoms with Crippen molar-refractivity contribution in [2.24, 2.45) is 5.73 Å². The maximum absolute atomic E-state index is 11.0. The van der Waals surface area contributed by atoms with Crippen LogP contribution in [0, 0.1) is 13.8 Å². The van der Waals surface area contributed by atoms with Crippen LogP contribution in [0.2, 0.25) is 0 Å². The third-order valence-electron chi connectivity index (χ3n) is 2.55. The van der Waals surface area contributed by atoms with Gasteiger partial charge in [0, 0.05) is 0 Å². The molecule has 1 unspecified atom stereocenters. The summed E-state index contributed by atoms with van der Waals surface area (Å²) in [5.74, 6) is -0.321. The second kappa shape index (κ2) is 6.25. The third kappa shape index (κ3) is 4.07. The van der Waals surface area contributed by atoms with Crippen molar-refractivity contribution in [2.45, 2.75) is 32.8 Å². The van der Waals surface area contributed by atoms with Crippen LogP contribution in [0.4, 0.5) is 0 Å². The van der Waals surface area contributed by atoms with Gasteiger partial charge in [-0.05, 0) is 44.9 Å². The fourth-order valence-electron chi connectivity index (χ4n) is 1.62. The molecule has 4 heteroatoms. The Kier molecular flexibility index (Phi) is 4.97. The molecule has 0 aliphatic rings. The second-order valence-corrected chi connectivity index (χ2v) is 4.14. The van der Waals surface area contributed by atoms with E-state index in [9.17, 15) is 4.79 Å². The summed E-state index contributed by atoms with van der Waals surface area (Å²) in [6, 6.07) is 5.68. The number of aliphatic carboxylic acids is 1. The Bertz CT molecular complexity index is 390. The van der Waals surface area contributed by atoms with Crippen LogP contribution in [0.3, 0.4) is 0 Å². The van der Waals surface area contributed by atoms with Crippen LogP contribution in [-0.4, -0.2) is 23.7 Å². The van der Waals surface area contributed by atoms with Gasteiger partial charge in [0.2, 0.25) is 0 Å². The van der Waals surface area contributed by atoms with E-state index in [1.54, 1.807) is 0 Å². The first-order valence-electron chi connectivity index (χ1n) is 5.71. The average Bonchev–Trinajstić information content (AvgIpc) is 2.26. The molecule has 0 saturated carbocycles. The SMILES string of the molecule is Cc1ccc(OC(CCCN)C(=O)O)c(C)c1. The lowest BCUT2D eigenvalue weighted by atomic mass is 10.1. The molecule has 3 N–H and O–H groups in total. The first-order chi connectivity index (χ1) is 8.04. The fourth-order valence-corrected chi connectivity index (χ4v) is 1.62. The van der Waals surface area contributed by atoms with Crippen molar-refractivity contribution in [3.05, 3.63) is 29.3 Å². The number of hydrogen-bond acceptors (Lipinski definition) is 3. The van der Waals surface area contributed by atoms with Crippen LogP contribution in [0.5, 0.6) is 5.75 Å². The van der Waals surface area contributed by atoms with Crippen molar-refractivity contribution >= 4 is 5.97 Å². The van der Waals surface area contributed by atoms with Crippen molar-refractivity contribution in [1.82, 2.24) is 0 Å². The van der Waals surface area contributed by atoms with Crippen molar-refractivity contribution in [3.8, 4) is 5.75 Å². The number of carboxylic acid groups (broad SMARTS) is 1. The highest BCUT2D eigenvalue weighted by atomic mass is 16.5. The molecule has 0 aromatic heterocycles. The molecule has 94 valence electrons. The van der Waals surface area contributed by atoms with Gasteiger partial charge in [-0.2, -0.15) is 0 Å². The van der Waals surface area contributed by atoms with Crippen LogP contribution in [0.25, 0.3) is 0 Å². The van der Waals surface area contributed by atoms with E-state index in [1.807, 2.05) is 32.0 Å². The number of ether oxygens (including phenoxy) is 1. The Balaban J connectivity index is 2.75. The lowest BCUT2D eigenvalue weighted by Gasteiger charge is -2.16. The molecular formula is C13H19NO3.